The summed E-state index contributed by atoms with van der Waals surface area (Å²) in [6, 6.07) is 7.78. The van der Waals surface area contributed by atoms with Crippen molar-refractivity contribution in [2.45, 2.75) is 65.0 Å². The third-order valence-electron chi connectivity index (χ3n) is 6.57. The number of pyridine rings is 1. The molecule has 8 heteroatoms. The minimum atomic E-state index is -0.458. The molecule has 1 aromatic carbocycles. The lowest BCUT2D eigenvalue weighted by Crippen LogP contribution is -2.41. The van der Waals surface area contributed by atoms with Crippen LogP contribution in [0.15, 0.2) is 36.8 Å². The maximum atomic E-state index is 12.3. The van der Waals surface area contributed by atoms with Gasteiger partial charge in [0.1, 0.15) is 5.60 Å². The first-order valence-corrected chi connectivity index (χ1v) is 12.3. The minimum Gasteiger partial charge on any atom is -0.618 e. The summed E-state index contributed by atoms with van der Waals surface area (Å²) < 4.78 is 14.6. The average Bonchev–Trinajstić information content (AvgIpc) is 3.22. The number of likely N-dealkylation sites (tertiary alicyclic amines) is 1. The summed E-state index contributed by atoms with van der Waals surface area (Å²) in [5.41, 5.74) is 1.86. The number of amides is 1. The molecule has 1 saturated heterocycles. The molecule has 1 fully saturated rings. The van der Waals surface area contributed by atoms with Crippen LogP contribution in [-0.2, 0) is 9.47 Å². The zero-order valence-electron chi connectivity index (χ0n) is 20.7. The van der Waals surface area contributed by atoms with Crippen molar-refractivity contribution < 1.29 is 19.0 Å². The molecule has 8 nitrogen and oxygen atoms in total. The van der Waals surface area contributed by atoms with Gasteiger partial charge in [0.05, 0.1) is 29.9 Å². The SMILES string of the molecule is CCC(COCCC1CCN(C(=O)OC(C)(C)C)CC1)n1cnc2c[n+]([O-])c3ccccc3c21. The number of piperidine rings is 1. The maximum Gasteiger partial charge on any atom is 0.410 e. The fourth-order valence-electron chi connectivity index (χ4n) is 4.67. The Morgan fingerprint density at radius 3 is 2.71 bits per heavy atom. The summed E-state index contributed by atoms with van der Waals surface area (Å²) in [5.74, 6) is 0.560. The van der Waals surface area contributed by atoms with Crippen LogP contribution in [0.1, 0.15) is 59.4 Å². The molecule has 0 N–H and O–H groups in total. The van der Waals surface area contributed by atoms with Gasteiger partial charge < -0.3 is 24.1 Å². The van der Waals surface area contributed by atoms with Gasteiger partial charge in [0, 0.05) is 25.8 Å². The molecule has 1 unspecified atom stereocenters. The van der Waals surface area contributed by atoms with E-state index in [1.165, 1.54) is 0 Å². The average molecular weight is 469 g/mol. The zero-order valence-corrected chi connectivity index (χ0v) is 20.7. The Hall–Kier alpha value is -2.87. The first-order chi connectivity index (χ1) is 16.3. The molecular weight excluding hydrogens is 432 g/mol. The van der Waals surface area contributed by atoms with E-state index < -0.39 is 5.60 Å². The van der Waals surface area contributed by atoms with Crippen LogP contribution in [0.2, 0.25) is 0 Å². The third kappa shape index (κ3) is 5.43. The topological polar surface area (TPSA) is 83.5 Å². The Bertz CT molecular complexity index is 1130. The predicted octanol–water partition coefficient (Wildman–Crippen LogP) is 4.83. The lowest BCUT2D eigenvalue weighted by Gasteiger charge is -2.33. The molecule has 3 heterocycles. The monoisotopic (exact) mass is 468 g/mol. The fourth-order valence-corrected chi connectivity index (χ4v) is 4.67. The number of para-hydroxylation sites is 1. The van der Waals surface area contributed by atoms with E-state index in [0.717, 1.165) is 54.4 Å². The third-order valence-corrected chi connectivity index (χ3v) is 6.57. The standard InChI is InChI=1S/C26H36N4O4/c1-5-20(29-18-27-22-16-30(32)23-9-7-6-8-21(23)24(22)29)17-33-15-12-19-10-13-28(14-11-19)25(31)34-26(2,3)4/h6-9,16,18-20H,5,10-15,17H2,1-4H3. The van der Waals surface area contributed by atoms with Crippen molar-refractivity contribution >= 4 is 28.0 Å². The lowest BCUT2D eigenvalue weighted by atomic mass is 9.94. The molecule has 1 aliphatic heterocycles. The Morgan fingerprint density at radius 1 is 1.26 bits per heavy atom. The van der Waals surface area contributed by atoms with Gasteiger partial charge in [-0.05, 0) is 58.4 Å². The van der Waals surface area contributed by atoms with Crippen molar-refractivity contribution in [2.24, 2.45) is 5.92 Å². The minimum absolute atomic E-state index is 0.143. The van der Waals surface area contributed by atoms with Gasteiger partial charge in [0.25, 0.3) is 0 Å². The molecule has 0 spiro atoms. The molecule has 34 heavy (non-hydrogen) atoms. The molecule has 1 aliphatic rings. The van der Waals surface area contributed by atoms with Crippen molar-refractivity contribution in [3.8, 4) is 0 Å². The van der Waals surface area contributed by atoms with Crippen LogP contribution in [-0.4, -0.2) is 52.4 Å². The van der Waals surface area contributed by atoms with E-state index in [2.05, 4.69) is 16.5 Å². The quantitative estimate of drug-likeness (QED) is 0.282. The normalized spacial score (nSPS) is 16.3. The van der Waals surface area contributed by atoms with E-state index in [4.69, 9.17) is 9.47 Å². The smallest absolute Gasteiger partial charge is 0.410 e. The number of imidazole rings is 1. The van der Waals surface area contributed by atoms with E-state index in [1.54, 1.807) is 6.20 Å². The van der Waals surface area contributed by atoms with Crippen molar-refractivity contribution in [2.75, 3.05) is 26.3 Å². The first-order valence-electron chi connectivity index (χ1n) is 12.3. The second-order valence-corrected chi connectivity index (χ2v) is 10.2. The Labute approximate surface area is 201 Å². The molecule has 0 aliphatic carbocycles. The highest BCUT2D eigenvalue weighted by molar-refractivity contribution is 6.00. The van der Waals surface area contributed by atoms with Gasteiger partial charge >= 0.3 is 6.09 Å². The lowest BCUT2D eigenvalue weighted by molar-refractivity contribution is -0.575. The number of carbonyl (C=O) groups excluding carboxylic acids is 1. The largest absolute Gasteiger partial charge is 0.618 e. The van der Waals surface area contributed by atoms with Crippen LogP contribution in [0.25, 0.3) is 21.9 Å². The number of aromatic nitrogens is 3. The summed E-state index contributed by atoms with van der Waals surface area (Å²) in [5, 5.41) is 13.2. The molecule has 0 bridgehead atoms. The van der Waals surface area contributed by atoms with Crippen LogP contribution in [0.3, 0.4) is 0 Å². The van der Waals surface area contributed by atoms with E-state index in [9.17, 15) is 10.0 Å². The predicted molar refractivity (Wildman–Crippen MR) is 131 cm³/mol. The van der Waals surface area contributed by atoms with E-state index in [0.29, 0.717) is 30.2 Å². The number of carbonyl (C=O) groups is 1. The van der Waals surface area contributed by atoms with Crippen LogP contribution >= 0.6 is 0 Å². The van der Waals surface area contributed by atoms with Gasteiger partial charge in [-0.3, -0.25) is 0 Å². The van der Waals surface area contributed by atoms with Crippen LogP contribution in [0.4, 0.5) is 4.79 Å². The number of hydrogen-bond donors (Lipinski definition) is 0. The Balaban J connectivity index is 1.30. The second-order valence-electron chi connectivity index (χ2n) is 10.2. The van der Waals surface area contributed by atoms with Crippen LogP contribution in [0, 0.1) is 11.1 Å². The van der Waals surface area contributed by atoms with Gasteiger partial charge in [-0.1, -0.05) is 19.1 Å². The fraction of sp³-hybridized carbons (Fsp3) is 0.577. The summed E-state index contributed by atoms with van der Waals surface area (Å²) in [6.07, 6.45) is 7.01. The molecule has 0 radical (unpaired) electrons. The first kappa shape index (κ1) is 24.3. The molecule has 1 atom stereocenters. The number of fused-ring (bicyclic) bond motifs is 3. The maximum absolute atomic E-state index is 12.3. The number of rotatable bonds is 7. The van der Waals surface area contributed by atoms with Crippen molar-refractivity contribution in [1.29, 1.82) is 0 Å². The number of hydrogen-bond acceptors (Lipinski definition) is 5. The Morgan fingerprint density at radius 2 is 2.00 bits per heavy atom. The number of nitrogens with zero attached hydrogens (tertiary/aromatic N) is 4. The van der Waals surface area contributed by atoms with Gasteiger partial charge in [0.2, 0.25) is 11.7 Å². The van der Waals surface area contributed by atoms with Crippen molar-refractivity contribution in [1.82, 2.24) is 14.5 Å². The summed E-state index contributed by atoms with van der Waals surface area (Å²) >= 11 is 0. The molecule has 4 rings (SSSR count). The molecule has 3 aromatic rings. The molecule has 2 aromatic heterocycles. The van der Waals surface area contributed by atoms with Crippen LogP contribution in [0.5, 0.6) is 0 Å². The van der Waals surface area contributed by atoms with E-state index >= 15 is 0 Å². The molecule has 184 valence electrons. The second kappa shape index (κ2) is 10.2. The molecule has 1 amide bonds. The Kier molecular flexibility index (Phi) is 7.26. The highest BCUT2D eigenvalue weighted by Gasteiger charge is 2.27. The van der Waals surface area contributed by atoms with E-state index in [1.807, 2.05) is 56.3 Å². The van der Waals surface area contributed by atoms with Gasteiger partial charge in [-0.15, -0.1) is 0 Å². The van der Waals surface area contributed by atoms with Crippen molar-refractivity contribution in [3.63, 3.8) is 0 Å². The highest BCUT2D eigenvalue weighted by atomic mass is 16.6. The van der Waals surface area contributed by atoms with Gasteiger partial charge in [0.15, 0.2) is 5.52 Å². The zero-order chi connectivity index (χ0) is 24.3. The van der Waals surface area contributed by atoms with E-state index in [-0.39, 0.29) is 12.1 Å². The van der Waals surface area contributed by atoms with Crippen LogP contribution < -0.4 is 4.73 Å². The highest BCUT2D eigenvalue weighted by Crippen LogP contribution is 2.27. The molecule has 0 saturated carbocycles. The van der Waals surface area contributed by atoms with Gasteiger partial charge in [-0.2, -0.15) is 4.73 Å². The summed E-state index contributed by atoms with van der Waals surface area (Å²) in [4.78, 5) is 18.6. The number of benzene rings is 1. The summed E-state index contributed by atoms with van der Waals surface area (Å²) in [6.45, 7) is 10.6. The molecular formula is C26H36N4O4. The summed E-state index contributed by atoms with van der Waals surface area (Å²) in [7, 11) is 0. The van der Waals surface area contributed by atoms with Crippen molar-refractivity contribution in [3.05, 3.63) is 42.0 Å². The van der Waals surface area contributed by atoms with Gasteiger partial charge in [-0.25, -0.2) is 9.78 Å². The number of ether oxygens (including phenoxy) is 2.